The lowest BCUT2D eigenvalue weighted by Crippen LogP contribution is -2.60. The normalized spacial score (nSPS) is 20.8. The van der Waals surface area contributed by atoms with Crippen molar-refractivity contribution in [3.05, 3.63) is 89.7 Å². The summed E-state index contributed by atoms with van der Waals surface area (Å²) in [6.07, 6.45) is -3.03. The third kappa shape index (κ3) is 6.00. The molecule has 56 heavy (non-hydrogen) atoms. The molecule has 2 amide bonds. The Morgan fingerprint density at radius 1 is 0.750 bits per heavy atom. The fourth-order valence-electron chi connectivity index (χ4n) is 8.05. The molecule has 0 aliphatic carbocycles. The van der Waals surface area contributed by atoms with Crippen LogP contribution in [0.15, 0.2) is 73.1 Å². The van der Waals surface area contributed by atoms with Crippen molar-refractivity contribution in [1.29, 1.82) is 0 Å². The number of hydrogen-bond acceptors (Lipinski definition) is 11. The minimum Gasteiger partial charge on any atom is -0.463 e. The van der Waals surface area contributed by atoms with Crippen molar-refractivity contribution in [2.24, 2.45) is 0 Å². The maximum Gasteiger partial charge on any atom is 0.303 e. The van der Waals surface area contributed by atoms with Gasteiger partial charge < -0.3 is 33.2 Å². The van der Waals surface area contributed by atoms with E-state index in [0.717, 1.165) is 24.3 Å². The highest BCUT2D eigenvalue weighted by molar-refractivity contribution is 6.39. The van der Waals surface area contributed by atoms with Gasteiger partial charge in [0.1, 0.15) is 12.7 Å². The van der Waals surface area contributed by atoms with Crippen molar-refractivity contribution < 1.29 is 57.0 Å². The van der Waals surface area contributed by atoms with Crippen molar-refractivity contribution in [2.45, 2.75) is 64.9 Å². The largest absolute Gasteiger partial charge is 0.463 e. The van der Waals surface area contributed by atoms with E-state index in [-0.39, 0.29) is 11.1 Å². The Hall–Kier alpha value is -6.61. The Balaban J connectivity index is 1.46. The molecular weight excluding hydrogens is 724 g/mol. The first-order chi connectivity index (χ1) is 26.8. The number of carbonyl (C=O) groups is 6. The van der Waals surface area contributed by atoms with E-state index in [1.807, 2.05) is 53.4 Å². The van der Waals surface area contributed by atoms with Crippen molar-refractivity contribution in [3.8, 4) is 0 Å². The summed E-state index contributed by atoms with van der Waals surface area (Å²) in [5.74, 6) is -3.92. The standard InChI is InChI=1S/C41H36N4O11/c1-20(46)52-19-29-36(53-21(2)47)37(54-22(3)48)38(55-23(4)49)41(56-29)45-28-14-10-9-13-25(28)31-33-32(39(50)43(5)40(33)51)30-26-18-44(17-24-11-7-6-8-12-24)16-15-27(26)42-34(30)35(31)45/h6-16,18,29,36-38,41H,17,19H2,1-5H3/p+1/t29-,36-,37+,38-,41-/m1/s1. The van der Waals surface area contributed by atoms with Crippen molar-refractivity contribution in [1.82, 2.24) is 14.5 Å². The second-order valence-electron chi connectivity index (χ2n) is 13.9. The SMILES string of the molecule is CC(=O)OC[C@H]1O[C@@H](n2c3ccccc3c3c4c(c5c6c[n+](Cc7ccccc7)ccc6[nH]c5c32)C(=O)N(C)C4=O)[C@H](OC(C)=O)[C@@H](OC(C)=O)[C@@H]1OC(C)=O. The quantitative estimate of drug-likeness (QED) is 0.102. The van der Waals surface area contributed by atoms with Gasteiger partial charge in [0.2, 0.25) is 0 Å². The van der Waals surface area contributed by atoms with E-state index < -0.39 is 72.9 Å². The number of carbonyl (C=O) groups excluding carboxylic acids is 6. The monoisotopic (exact) mass is 761 g/mol. The molecule has 6 aromatic rings. The number of benzene rings is 3. The van der Waals surface area contributed by atoms with E-state index in [1.165, 1.54) is 20.9 Å². The minimum absolute atomic E-state index is 0.181. The zero-order chi connectivity index (χ0) is 39.6. The van der Waals surface area contributed by atoms with Gasteiger partial charge in [0, 0.05) is 62.5 Å². The van der Waals surface area contributed by atoms with Crippen molar-refractivity contribution in [3.63, 3.8) is 0 Å². The van der Waals surface area contributed by atoms with Gasteiger partial charge in [-0.25, -0.2) is 4.57 Å². The molecule has 1 N–H and O–H groups in total. The Morgan fingerprint density at radius 2 is 1.38 bits per heavy atom. The number of nitrogens with zero attached hydrogens (tertiary/aromatic N) is 3. The fraction of sp³-hybridized carbons (Fsp3) is 0.293. The van der Waals surface area contributed by atoms with Gasteiger partial charge in [-0.05, 0) is 6.07 Å². The molecule has 286 valence electrons. The highest BCUT2D eigenvalue weighted by Gasteiger charge is 2.54. The Kier molecular flexibility index (Phi) is 9.03. The first kappa shape index (κ1) is 36.4. The van der Waals surface area contributed by atoms with Gasteiger partial charge in [-0.15, -0.1) is 0 Å². The molecule has 8 rings (SSSR count). The van der Waals surface area contributed by atoms with Crippen molar-refractivity contribution in [2.75, 3.05) is 13.7 Å². The molecule has 5 heterocycles. The van der Waals surface area contributed by atoms with Crippen LogP contribution in [0.5, 0.6) is 0 Å². The second-order valence-corrected chi connectivity index (χ2v) is 13.9. The molecule has 5 atom stereocenters. The fourth-order valence-corrected chi connectivity index (χ4v) is 8.05. The maximum atomic E-state index is 14.2. The highest BCUT2D eigenvalue weighted by Crippen LogP contribution is 2.47. The first-order valence-electron chi connectivity index (χ1n) is 17.9. The number of aromatic amines is 1. The molecule has 2 aliphatic rings. The number of H-pyrrole nitrogens is 1. The molecule has 1 saturated heterocycles. The summed E-state index contributed by atoms with van der Waals surface area (Å²) >= 11 is 0. The third-order valence-electron chi connectivity index (χ3n) is 10.2. The van der Waals surface area contributed by atoms with Gasteiger partial charge in [-0.1, -0.05) is 48.5 Å². The number of pyridine rings is 1. The van der Waals surface area contributed by atoms with E-state index in [0.29, 0.717) is 50.2 Å². The van der Waals surface area contributed by atoms with Crippen molar-refractivity contribution >= 4 is 79.3 Å². The lowest BCUT2D eigenvalue weighted by atomic mass is 9.96. The first-order valence-corrected chi connectivity index (χ1v) is 17.9. The van der Waals surface area contributed by atoms with Gasteiger partial charge in [-0.3, -0.25) is 33.7 Å². The molecule has 0 bridgehead atoms. The molecular formula is C41H37N4O11+. The van der Waals surface area contributed by atoms with Crippen LogP contribution in [0.4, 0.5) is 0 Å². The van der Waals surface area contributed by atoms with Crippen LogP contribution < -0.4 is 4.57 Å². The number of rotatable bonds is 8. The van der Waals surface area contributed by atoms with E-state index >= 15 is 0 Å². The Labute approximate surface area is 318 Å². The van der Waals surface area contributed by atoms with E-state index in [2.05, 4.69) is 4.98 Å². The zero-order valence-corrected chi connectivity index (χ0v) is 31.1. The summed E-state index contributed by atoms with van der Waals surface area (Å²) in [5.41, 5.74) is 3.54. The zero-order valence-electron chi connectivity index (χ0n) is 31.1. The molecule has 15 heteroatoms. The molecule has 15 nitrogen and oxygen atoms in total. The number of para-hydroxylation sites is 1. The molecule has 0 saturated carbocycles. The van der Waals surface area contributed by atoms with Crippen LogP contribution in [0.2, 0.25) is 0 Å². The smallest absolute Gasteiger partial charge is 0.303 e. The predicted octanol–water partition coefficient (Wildman–Crippen LogP) is 4.25. The number of esters is 4. The summed E-state index contributed by atoms with van der Waals surface area (Å²) in [5, 5.41) is 2.17. The number of hydrogen-bond donors (Lipinski definition) is 1. The van der Waals surface area contributed by atoms with Gasteiger partial charge in [-0.2, -0.15) is 0 Å². The maximum absolute atomic E-state index is 14.2. The summed E-state index contributed by atoms with van der Waals surface area (Å²) in [6, 6.07) is 18.9. The summed E-state index contributed by atoms with van der Waals surface area (Å²) < 4.78 is 33.1. The summed E-state index contributed by atoms with van der Waals surface area (Å²) in [6.45, 7) is 4.79. The van der Waals surface area contributed by atoms with Crippen LogP contribution in [0.1, 0.15) is 60.2 Å². The topological polar surface area (TPSA) is 176 Å². The van der Waals surface area contributed by atoms with Crippen LogP contribution in [0, 0.1) is 0 Å². The second kappa shape index (κ2) is 13.9. The number of fused-ring (bicyclic) bond motifs is 10. The number of amides is 2. The molecule has 0 spiro atoms. The van der Waals surface area contributed by atoms with Crippen LogP contribution in [-0.2, 0) is 49.4 Å². The average molecular weight is 762 g/mol. The molecule has 0 unspecified atom stereocenters. The molecule has 0 radical (unpaired) electrons. The minimum atomic E-state index is -1.45. The van der Waals surface area contributed by atoms with E-state index in [1.54, 1.807) is 28.8 Å². The Morgan fingerprint density at radius 3 is 2.05 bits per heavy atom. The highest BCUT2D eigenvalue weighted by atomic mass is 16.7. The number of nitrogens with one attached hydrogen (secondary N) is 1. The number of imide groups is 1. The van der Waals surface area contributed by atoms with Crippen LogP contribution in [0.25, 0.3) is 43.6 Å². The Bertz CT molecular complexity index is 2650. The lowest BCUT2D eigenvalue weighted by Gasteiger charge is -2.45. The molecule has 3 aromatic carbocycles. The van der Waals surface area contributed by atoms with E-state index in [4.69, 9.17) is 23.7 Å². The summed E-state index contributed by atoms with van der Waals surface area (Å²) in [7, 11) is 1.44. The molecule has 3 aromatic heterocycles. The predicted molar refractivity (Wildman–Crippen MR) is 198 cm³/mol. The van der Waals surface area contributed by atoms with Gasteiger partial charge in [0.05, 0.1) is 38.6 Å². The van der Waals surface area contributed by atoms with Gasteiger partial charge in [0.15, 0.2) is 43.5 Å². The van der Waals surface area contributed by atoms with Crippen LogP contribution in [0.3, 0.4) is 0 Å². The average Bonchev–Trinajstić information content (AvgIpc) is 3.77. The van der Waals surface area contributed by atoms with E-state index in [9.17, 15) is 28.8 Å². The van der Waals surface area contributed by atoms with Gasteiger partial charge >= 0.3 is 23.9 Å². The lowest BCUT2D eigenvalue weighted by molar-refractivity contribution is -0.687. The molecule has 1 fully saturated rings. The van der Waals surface area contributed by atoms with Crippen LogP contribution >= 0.6 is 0 Å². The van der Waals surface area contributed by atoms with Crippen LogP contribution in [-0.4, -0.2) is 88.2 Å². The molecule has 2 aliphatic heterocycles. The van der Waals surface area contributed by atoms with Gasteiger partial charge in [0.25, 0.3) is 11.8 Å². The number of aromatic nitrogens is 3. The number of ether oxygens (including phenoxy) is 5. The third-order valence-corrected chi connectivity index (χ3v) is 10.2. The summed E-state index contributed by atoms with van der Waals surface area (Å²) in [4.78, 5) is 83.0.